The molecule has 0 radical (unpaired) electrons. The fourth-order valence-corrected chi connectivity index (χ4v) is 2.31. The van der Waals surface area contributed by atoms with Crippen LogP contribution in [-0.4, -0.2) is 6.10 Å². The van der Waals surface area contributed by atoms with Crippen LogP contribution in [-0.2, 0) is 0 Å². The van der Waals surface area contributed by atoms with Crippen molar-refractivity contribution in [1.29, 1.82) is 0 Å². The molecule has 1 aromatic rings. The summed E-state index contributed by atoms with van der Waals surface area (Å²) >= 11 is 0. The maximum atomic E-state index is 5.94. The zero-order valence-electron chi connectivity index (χ0n) is 10.4. The summed E-state index contributed by atoms with van der Waals surface area (Å²) in [5, 5.41) is 0. The lowest BCUT2D eigenvalue weighted by Gasteiger charge is -2.14. The highest BCUT2D eigenvalue weighted by molar-refractivity contribution is 5.29. The van der Waals surface area contributed by atoms with Crippen LogP contribution in [0.1, 0.15) is 57.4 Å². The van der Waals surface area contributed by atoms with E-state index in [9.17, 15) is 0 Å². The second kappa shape index (κ2) is 5.38. The van der Waals surface area contributed by atoms with E-state index in [4.69, 9.17) is 4.74 Å². The monoisotopic (exact) mass is 218 g/mol. The van der Waals surface area contributed by atoms with Crippen molar-refractivity contribution in [3.8, 4) is 5.75 Å². The van der Waals surface area contributed by atoms with Crippen molar-refractivity contribution in [1.82, 2.24) is 0 Å². The van der Waals surface area contributed by atoms with Gasteiger partial charge in [-0.25, -0.2) is 0 Å². The molecule has 0 aliphatic heterocycles. The average Bonchev–Trinajstić information content (AvgIpc) is 2.82. The van der Waals surface area contributed by atoms with Crippen LogP contribution in [0.4, 0.5) is 0 Å². The van der Waals surface area contributed by atoms with E-state index in [0.29, 0.717) is 12.0 Å². The molecule has 1 saturated carbocycles. The SMILES string of the molecule is CCC(C)c1ccc(OC2CCCC2)cc1. The van der Waals surface area contributed by atoms with Crippen LogP contribution >= 0.6 is 0 Å². The van der Waals surface area contributed by atoms with E-state index in [1.165, 1.54) is 37.7 Å². The Labute approximate surface area is 98.8 Å². The summed E-state index contributed by atoms with van der Waals surface area (Å²) < 4.78 is 5.94. The van der Waals surface area contributed by atoms with Crippen LogP contribution in [0.25, 0.3) is 0 Å². The number of rotatable bonds is 4. The molecular weight excluding hydrogens is 196 g/mol. The molecule has 0 spiro atoms. The lowest BCUT2D eigenvalue weighted by molar-refractivity contribution is 0.210. The number of hydrogen-bond acceptors (Lipinski definition) is 1. The van der Waals surface area contributed by atoms with Crippen LogP contribution in [0.2, 0.25) is 0 Å². The van der Waals surface area contributed by atoms with Crippen LogP contribution in [0.3, 0.4) is 0 Å². The first-order valence-corrected chi connectivity index (χ1v) is 6.56. The van der Waals surface area contributed by atoms with Crippen molar-refractivity contribution in [2.45, 2.75) is 58.0 Å². The minimum atomic E-state index is 0.467. The van der Waals surface area contributed by atoms with Crippen LogP contribution in [0.5, 0.6) is 5.75 Å². The first-order chi connectivity index (χ1) is 7.79. The topological polar surface area (TPSA) is 9.23 Å². The van der Waals surface area contributed by atoms with Crippen molar-refractivity contribution in [2.24, 2.45) is 0 Å². The smallest absolute Gasteiger partial charge is 0.119 e. The minimum absolute atomic E-state index is 0.467. The van der Waals surface area contributed by atoms with E-state index < -0.39 is 0 Å². The molecule has 1 atom stereocenters. The second-order valence-corrected chi connectivity index (χ2v) is 4.90. The van der Waals surface area contributed by atoms with E-state index in [2.05, 4.69) is 38.1 Å². The fourth-order valence-electron chi connectivity index (χ4n) is 2.31. The van der Waals surface area contributed by atoms with Gasteiger partial charge >= 0.3 is 0 Å². The van der Waals surface area contributed by atoms with Gasteiger partial charge < -0.3 is 4.74 Å². The molecule has 1 fully saturated rings. The first kappa shape index (κ1) is 11.5. The Hall–Kier alpha value is -0.980. The van der Waals surface area contributed by atoms with Crippen LogP contribution in [0.15, 0.2) is 24.3 Å². The lowest BCUT2D eigenvalue weighted by atomic mass is 9.99. The molecule has 0 heterocycles. The van der Waals surface area contributed by atoms with E-state index in [1.807, 2.05) is 0 Å². The Bertz CT molecular complexity index is 309. The zero-order valence-corrected chi connectivity index (χ0v) is 10.4. The van der Waals surface area contributed by atoms with Gasteiger partial charge in [0.25, 0.3) is 0 Å². The number of hydrogen-bond donors (Lipinski definition) is 0. The molecule has 0 N–H and O–H groups in total. The summed E-state index contributed by atoms with van der Waals surface area (Å²) in [5.41, 5.74) is 1.42. The molecule has 1 heteroatoms. The van der Waals surface area contributed by atoms with Crippen molar-refractivity contribution in [3.63, 3.8) is 0 Å². The highest BCUT2D eigenvalue weighted by Gasteiger charge is 2.16. The maximum absolute atomic E-state index is 5.94. The molecule has 0 bridgehead atoms. The molecule has 16 heavy (non-hydrogen) atoms. The van der Waals surface area contributed by atoms with Gasteiger partial charge in [0.05, 0.1) is 6.10 Å². The summed E-state index contributed by atoms with van der Waals surface area (Å²) in [7, 11) is 0. The molecule has 88 valence electrons. The van der Waals surface area contributed by atoms with Gasteiger partial charge in [0.1, 0.15) is 5.75 Å². The normalized spacial score (nSPS) is 18.6. The third kappa shape index (κ3) is 2.78. The van der Waals surface area contributed by atoms with E-state index >= 15 is 0 Å². The lowest BCUT2D eigenvalue weighted by Crippen LogP contribution is -2.10. The third-order valence-corrected chi connectivity index (χ3v) is 3.67. The Kier molecular flexibility index (Phi) is 3.87. The molecule has 1 aromatic carbocycles. The molecule has 1 aliphatic carbocycles. The van der Waals surface area contributed by atoms with Gasteiger partial charge in [-0.05, 0) is 55.7 Å². The van der Waals surface area contributed by atoms with Gasteiger partial charge in [-0.15, -0.1) is 0 Å². The maximum Gasteiger partial charge on any atom is 0.119 e. The van der Waals surface area contributed by atoms with Crippen molar-refractivity contribution >= 4 is 0 Å². The van der Waals surface area contributed by atoms with Gasteiger partial charge in [-0.2, -0.15) is 0 Å². The quantitative estimate of drug-likeness (QED) is 0.722. The zero-order chi connectivity index (χ0) is 11.4. The van der Waals surface area contributed by atoms with Gasteiger partial charge in [0.2, 0.25) is 0 Å². The summed E-state index contributed by atoms with van der Waals surface area (Å²) in [5.74, 6) is 1.69. The second-order valence-electron chi connectivity index (χ2n) is 4.90. The van der Waals surface area contributed by atoms with Gasteiger partial charge in [0.15, 0.2) is 0 Å². The molecule has 2 rings (SSSR count). The third-order valence-electron chi connectivity index (χ3n) is 3.67. The molecular formula is C15H22O. The van der Waals surface area contributed by atoms with Crippen molar-refractivity contribution in [3.05, 3.63) is 29.8 Å². The molecule has 0 amide bonds. The Morgan fingerprint density at radius 1 is 1.19 bits per heavy atom. The van der Waals surface area contributed by atoms with E-state index in [-0.39, 0.29) is 0 Å². The van der Waals surface area contributed by atoms with Gasteiger partial charge in [-0.1, -0.05) is 26.0 Å². The first-order valence-electron chi connectivity index (χ1n) is 6.56. The highest BCUT2D eigenvalue weighted by atomic mass is 16.5. The Morgan fingerprint density at radius 2 is 1.81 bits per heavy atom. The average molecular weight is 218 g/mol. The Morgan fingerprint density at radius 3 is 2.38 bits per heavy atom. The van der Waals surface area contributed by atoms with E-state index in [0.717, 1.165) is 5.75 Å². The number of ether oxygens (including phenoxy) is 1. The summed E-state index contributed by atoms with van der Waals surface area (Å²) in [4.78, 5) is 0. The highest BCUT2D eigenvalue weighted by Crippen LogP contribution is 2.26. The molecule has 0 aromatic heterocycles. The van der Waals surface area contributed by atoms with Gasteiger partial charge in [0, 0.05) is 0 Å². The standard InChI is InChI=1S/C15H22O/c1-3-12(2)13-8-10-15(11-9-13)16-14-6-4-5-7-14/h8-12,14H,3-7H2,1-2H3. The van der Waals surface area contributed by atoms with Crippen molar-refractivity contribution in [2.75, 3.05) is 0 Å². The molecule has 1 nitrogen and oxygen atoms in total. The van der Waals surface area contributed by atoms with Crippen molar-refractivity contribution < 1.29 is 4.74 Å². The summed E-state index contributed by atoms with van der Waals surface area (Å²) in [6, 6.07) is 8.66. The predicted molar refractivity (Wildman–Crippen MR) is 68.0 cm³/mol. The fraction of sp³-hybridized carbons (Fsp3) is 0.600. The Balaban J connectivity index is 1.96. The minimum Gasteiger partial charge on any atom is -0.490 e. The predicted octanol–water partition coefficient (Wildman–Crippen LogP) is 4.52. The molecule has 1 unspecified atom stereocenters. The van der Waals surface area contributed by atoms with Crippen LogP contribution in [0, 0.1) is 0 Å². The van der Waals surface area contributed by atoms with E-state index in [1.54, 1.807) is 0 Å². The largest absolute Gasteiger partial charge is 0.490 e. The number of benzene rings is 1. The molecule has 1 aliphatic rings. The molecule has 0 saturated heterocycles. The van der Waals surface area contributed by atoms with Gasteiger partial charge in [-0.3, -0.25) is 0 Å². The summed E-state index contributed by atoms with van der Waals surface area (Å²) in [6.07, 6.45) is 6.78. The van der Waals surface area contributed by atoms with Crippen LogP contribution < -0.4 is 4.74 Å². The summed E-state index contributed by atoms with van der Waals surface area (Å²) in [6.45, 7) is 4.50.